The molecule has 0 spiro atoms. The van der Waals surface area contributed by atoms with Gasteiger partial charge in [-0.1, -0.05) is 24.4 Å². The van der Waals surface area contributed by atoms with Crippen LogP contribution in [-0.2, 0) is 9.59 Å². The molecule has 2 fully saturated rings. The molecule has 1 saturated carbocycles. The number of hydrogen-bond donors (Lipinski definition) is 1. The van der Waals surface area contributed by atoms with E-state index in [1.165, 1.54) is 4.90 Å². The number of carbonyl (C=O) groups is 2. The van der Waals surface area contributed by atoms with Crippen molar-refractivity contribution in [2.45, 2.75) is 25.7 Å². The van der Waals surface area contributed by atoms with Gasteiger partial charge in [0.25, 0.3) is 0 Å². The Balaban J connectivity index is 2.03. The molecule has 2 atom stereocenters. The van der Waals surface area contributed by atoms with Crippen molar-refractivity contribution in [2.75, 3.05) is 10.6 Å². The van der Waals surface area contributed by atoms with E-state index in [-0.39, 0.29) is 23.7 Å². The molecular weight excluding hydrogens is 264 g/mol. The van der Waals surface area contributed by atoms with Gasteiger partial charge in [-0.05, 0) is 31.0 Å². The zero-order chi connectivity index (χ0) is 13.6. The first-order valence-corrected chi connectivity index (χ1v) is 6.90. The van der Waals surface area contributed by atoms with Crippen LogP contribution in [0.4, 0.5) is 11.4 Å². The van der Waals surface area contributed by atoms with Gasteiger partial charge < -0.3 is 5.73 Å². The molecule has 1 aliphatic heterocycles. The minimum Gasteiger partial charge on any atom is -0.397 e. The zero-order valence-corrected chi connectivity index (χ0v) is 11.2. The summed E-state index contributed by atoms with van der Waals surface area (Å²) < 4.78 is 0. The van der Waals surface area contributed by atoms with Crippen LogP contribution < -0.4 is 10.6 Å². The fourth-order valence-corrected chi connectivity index (χ4v) is 3.28. The van der Waals surface area contributed by atoms with E-state index in [4.69, 9.17) is 17.3 Å². The highest BCUT2D eigenvalue weighted by Gasteiger charge is 2.49. The number of nitrogens with two attached hydrogens (primary N) is 1. The number of amides is 2. The summed E-state index contributed by atoms with van der Waals surface area (Å²) in [5.74, 6) is -0.577. The van der Waals surface area contributed by atoms with E-state index < -0.39 is 0 Å². The Morgan fingerprint density at radius 3 is 2.26 bits per heavy atom. The number of anilines is 2. The number of rotatable bonds is 1. The van der Waals surface area contributed by atoms with Gasteiger partial charge in [-0.3, -0.25) is 9.59 Å². The number of hydrogen-bond acceptors (Lipinski definition) is 3. The van der Waals surface area contributed by atoms with Crippen LogP contribution in [0.5, 0.6) is 0 Å². The van der Waals surface area contributed by atoms with E-state index in [2.05, 4.69) is 0 Å². The average Bonchev–Trinajstić information content (AvgIpc) is 2.66. The lowest BCUT2D eigenvalue weighted by atomic mass is 9.81. The lowest BCUT2D eigenvalue weighted by Gasteiger charge is -2.19. The molecule has 4 nitrogen and oxygen atoms in total. The van der Waals surface area contributed by atoms with E-state index in [1.54, 1.807) is 18.2 Å². The van der Waals surface area contributed by atoms with E-state index >= 15 is 0 Å². The largest absolute Gasteiger partial charge is 0.397 e. The maximum atomic E-state index is 12.4. The van der Waals surface area contributed by atoms with Crippen LogP contribution in [0, 0.1) is 11.8 Å². The molecule has 1 aromatic carbocycles. The maximum absolute atomic E-state index is 12.4. The Labute approximate surface area is 116 Å². The van der Waals surface area contributed by atoms with Crippen molar-refractivity contribution < 1.29 is 9.59 Å². The average molecular weight is 279 g/mol. The summed E-state index contributed by atoms with van der Waals surface area (Å²) in [4.78, 5) is 26.1. The molecule has 1 aromatic rings. The fraction of sp³-hybridized carbons (Fsp3) is 0.429. The molecule has 100 valence electrons. The van der Waals surface area contributed by atoms with E-state index in [0.29, 0.717) is 16.4 Å². The van der Waals surface area contributed by atoms with Gasteiger partial charge in [0.05, 0.1) is 23.2 Å². The van der Waals surface area contributed by atoms with Crippen molar-refractivity contribution in [3.63, 3.8) is 0 Å². The van der Waals surface area contributed by atoms with Crippen LogP contribution in [0.3, 0.4) is 0 Å². The van der Waals surface area contributed by atoms with Crippen molar-refractivity contribution in [1.82, 2.24) is 0 Å². The number of imide groups is 1. The van der Waals surface area contributed by atoms with Crippen molar-refractivity contribution >= 4 is 34.8 Å². The monoisotopic (exact) mass is 278 g/mol. The molecule has 3 rings (SSSR count). The predicted molar refractivity (Wildman–Crippen MR) is 73.8 cm³/mol. The molecule has 2 N–H and O–H groups in total. The summed E-state index contributed by atoms with van der Waals surface area (Å²) in [6.45, 7) is 0. The van der Waals surface area contributed by atoms with Gasteiger partial charge in [0.15, 0.2) is 0 Å². The molecule has 2 amide bonds. The highest BCUT2D eigenvalue weighted by Crippen LogP contribution is 2.41. The Kier molecular flexibility index (Phi) is 2.97. The molecule has 0 radical (unpaired) electrons. The van der Waals surface area contributed by atoms with E-state index in [9.17, 15) is 9.59 Å². The minimum atomic E-state index is -0.167. The molecule has 2 aliphatic rings. The summed E-state index contributed by atoms with van der Waals surface area (Å²) in [5.41, 5.74) is 6.71. The molecule has 0 aromatic heterocycles. The van der Waals surface area contributed by atoms with Gasteiger partial charge in [0.2, 0.25) is 11.8 Å². The summed E-state index contributed by atoms with van der Waals surface area (Å²) >= 11 is 5.94. The third-order valence-electron chi connectivity index (χ3n) is 4.07. The van der Waals surface area contributed by atoms with Crippen LogP contribution in [0.2, 0.25) is 5.02 Å². The van der Waals surface area contributed by atoms with Crippen molar-refractivity contribution in [3.05, 3.63) is 23.2 Å². The molecular formula is C14H15ClN2O2. The topological polar surface area (TPSA) is 63.4 Å². The van der Waals surface area contributed by atoms with Crippen LogP contribution in [0.15, 0.2) is 18.2 Å². The van der Waals surface area contributed by atoms with Crippen molar-refractivity contribution in [1.29, 1.82) is 0 Å². The van der Waals surface area contributed by atoms with E-state index in [0.717, 1.165) is 25.7 Å². The number of nitrogens with zero attached hydrogens (tertiary/aromatic N) is 1. The minimum absolute atomic E-state index is 0.122. The smallest absolute Gasteiger partial charge is 0.237 e. The normalized spacial score (nSPS) is 26.7. The van der Waals surface area contributed by atoms with Crippen LogP contribution in [0.1, 0.15) is 25.7 Å². The van der Waals surface area contributed by atoms with Gasteiger partial charge in [-0.2, -0.15) is 0 Å². The van der Waals surface area contributed by atoms with Crippen molar-refractivity contribution in [3.8, 4) is 0 Å². The highest BCUT2D eigenvalue weighted by molar-refractivity contribution is 6.31. The molecule has 1 aliphatic carbocycles. The second-order valence-corrected chi connectivity index (χ2v) is 5.65. The fourth-order valence-electron chi connectivity index (χ4n) is 3.11. The SMILES string of the molecule is Nc1ccc(Cl)cc1N1C(=O)[C@@H]2CCCC[C@H]2C1=O. The second kappa shape index (κ2) is 4.53. The number of benzene rings is 1. The number of halogens is 1. The predicted octanol–water partition coefficient (Wildman–Crippen LogP) is 2.60. The maximum Gasteiger partial charge on any atom is 0.237 e. The van der Waals surface area contributed by atoms with Gasteiger partial charge in [0.1, 0.15) is 0 Å². The Morgan fingerprint density at radius 2 is 1.68 bits per heavy atom. The van der Waals surface area contributed by atoms with Gasteiger partial charge in [-0.25, -0.2) is 4.90 Å². The first-order valence-electron chi connectivity index (χ1n) is 6.52. The lowest BCUT2D eigenvalue weighted by Crippen LogP contribution is -2.31. The van der Waals surface area contributed by atoms with Gasteiger partial charge in [-0.15, -0.1) is 0 Å². The summed E-state index contributed by atoms with van der Waals surface area (Å²) in [5, 5.41) is 0.472. The van der Waals surface area contributed by atoms with Crippen LogP contribution in [0.25, 0.3) is 0 Å². The lowest BCUT2D eigenvalue weighted by molar-refractivity contribution is -0.122. The second-order valence-electron chi connectivity index (χ2n) is 5.21. The number of nitrogen functional groups attached to an aromatic ring is 1. The first-order chi connectivity index (χ1) is 9.09. The molecule has 0 bridgehead atoms. The number of carbonyl (C=O) groups excluding carboxylic acids is 2. The summed E-state index contributed by atoms with van der Waals surface area (Å²) in [7, 11) is 0. The summed E-state index contributed by atoms with van der Waals surface area (Å²) in [6.07, 6.45) is 3.62. The Hall–Kier alpha value is -1.55. The van der Waals surface area contributed by atoms with Crippen LogP contribution in [-0.4, -0.2) is 11.8 Å². The van der Waals surface area contributed by atoms with Crippen molar-refractivity contribution in [2.24, 2.45) is 11.8 Å². The standard InChI is InChI=1S/C14H15ClN2O2/c15-8-5-6-11(16)12(7-8)17-13(18)9-3-1-2-4-10(9)14(17)19/h5-7,9-10H,1-4,16H2/t9-,10-/m1/s1. The van der Waals surface area contributed by atoms with Crippen LogP contribution >= 0.6 is 11.6 Å². The van der Waals surface area contributed by atoms with Gasteiger partial charge in [0, 0.05) is 5.02 Å². The Morgan fingerprint density at radius 1 is 1.11 bits per heavy atom. The molecule has 1 saturated heterocycles. The third-order valence-corrected chi connectivity index (χ3v) is 4.31. The summed E-state index contributed by atoms with van der Waals surface area (Å²) in [6, 6.07) is 4.86. The molecule has 1 heterocycles. The molecule has 19 heavy (non-hydrogen) atoms. The van der Waals surface area contributed by atoms with Gasteiger partial charge >= 0.3 is 0 Å². The molecule has 0 unspecified atom stereocenters. The zero-order valence-electron chi connectivity index (χ0n) is 10.4. The first kappa shape index (κ1) is 12.5. The highest BCUT2D eigenvalue weighted by atomic mass is 35.5. The number of fused-ring (bicyclic) bond motifs is 1. The quantitative estimate of drug-likeness (QED) is 0.634. The van der Waals surface area contributed by atoms with E-state index in [1.807, 2.05) is 0 Å². The molecule has 5 heteroatoms. The Bertz CT molecular complexity index is 534. The third kappa shape index (κ3) is 1.91.